The molecule has 7 heteroatoms. The van der Waals surface area contributed by atoms with Crippen LogP contribution in [0.25, 0.3) is 0 Å². The zero-order valence-corrected chi connectivity index (χ0v) is 18.3. The summed E-state index contributed by atoms with van der Waals surface area (Å²) in [5.74, 6) is -0.0185. The van der Waals surface area contributed by atoms with E-state index in [1.54, 1.807) is 22.2 Å². The van der Waals surface area contributed by atoms with Crippen LogP contribution in [-0.2, 0) is 0 Å². The molecule has 7 nitrogen and oxygen atoms in total. The average Bonchev–Trinajstić information content (AvgIpc) is 2.83. The van der Waals surface area contributed by atoms with Gasteiger partial charge in [0, 0.05) is 61.2 Å². The summed E-state index contributed by atoms with van der Waals surface area (Å²) in [5, 5.41) is 6.27. The smallest absolute Gasteiger partial charge is 0.321 e. The number of rotatable bonds is 4. The van der Waals surface area contributed by atoms with Crippen LogP contribution in [0.15, 0.2) is 67.0 Å². The maximum absolute atomic E-state index is 12.9. The zero-order valence-electron chi connectivity index (χ0n) is 18.3. The van der Waals surface area contributed by atoms with Crippen LogP contribution in [0.3, 0.4) is 0 Å². The van der Waals surface area contributed by atoms with Gasteiger partial charge in [-0.2, -0.15) is 0 Å². The van der Waals surface area contributed by atoms with Gasteiger partial charge in [-0.1, -0.05) is 12.1 Å². The summed E-state index contributed by atoms with van der Waals surface area (Å²) in [6.07, 6.45) is 3.45. The van der Waals surface area contributed by atoms with Gasteiger partial charge < -0.3 is 20.4 Å². The van der Waals surface area contributed by atoms with Crippen molar-refractivity contribution in [2.75, 3.05) is 36.8 Å². The van der Waals surface area contributed by atoms with E-state index < -0.39 is 0 Å². The standard InChI is InChI=1S/C25H27N5O2/c1-18-4-3-5-23(19(18)2)28-25(32)30-16-14-29(15-17-30)24(31)20-6-8-21(9-7-20)27-22-10-12-26-13-11-22/h3-13H,14-17H2,1-2H3,(H,26,27)(H,28,32). The first-order chi connectivity index (χ1) is 15.5. The first kappa shape index (κ1) is 21.4. The minimum Gasteiger partial charge on any atom is -0.355 e. The van der Waals surface area contributed by atoms with E-state index in [4.69, 9.17) is 0 Å². The number of aryl methyl sites for hydroxylation is 1. The fraction of sp³-hybridized carbons (Fsp3) is 0.240. The van der Waals surface area contributed by atoms with Crippen LogP contribution in [0.5, 0.6) is 0 Å². The van der Waals surface area contributed by atoms with Gasteiger partial charge in [-0.15, -0.1) is 0 Å². The van der Waals surface area contributed by atoms with Gasteiger partial charge in [-0.25, -0.2) is 4.79 Å². The normalized spacial score (nSPS) is 13.6. The Morgan fingerprint density at radius 1 is 0.812 bits per heavy atom. The molecule has 0 radical (unpaired) electrons. The van der Waals surface area contributed by atoms with Crippen LogP contribution in [0.2, 0.25) is 0 Å². The van der Waals surface area contributed by atoms with Gasteiger partial charge >= 0.3 is 6.03 Å². The summed E-state index contributed by atoms with van der Waals surface area (Å²) < 4.78 is 0. The van der Waals surface area contributed by atoms with Gasteiger partial charge in [0.2, 0.25) is 0 Å². The molecule has 0 saturated carbocycles. The molecular weight excluding hydrogens is 402 g/mol. The molecule has 4 rings (SSSR count). The fourth-order valence-electron chi connectivity index (χ4n) is 3.67. The molecule has 0 spiro atoms. The van der Waals surface area contributed by atoms with Gasteiger partial charge in [0.1, 0.15) is 0 Å². The number of anilines is 3. The highest BCUT2D eigenvalue weighted by Crippen LogP contribution is 2.20. The number of carbonyl (C=O) groups excluding carboxylic acids is 2. The van der Waals surface area contributed by atoms with Crippen LogP contribution in [0.1, 0.15) is 21.5 Å². The van der Waals surface area contributed by atoms with Crippen molar-refractivity contribution in [3.63, 3.8) is 0 Å². The van der Waals surface area contributed by atoms with Crippen molar-refractivity contribution in [1.29, 1.82) is 0 Å². The van der Waals surface area contributed by atoms with Crippen LogP contribution in [0.4, 0.5) is 21.9 Å². The maximum atomic E-state index is 12.9. The Labute approximate surface area is 188 Å². The van der Waals surface area contributed by atoms with Crippen molar-refractivity contribution in [3.8, 4) is 0 Å². The molecule has 1 aliphatic heterocycles. The predicted octanol–water partition coefficient (Wildman–Crippen LogP) is 4.43. The summed E-state index contributed by atoms with van der Waals surface area (Å²) >= 11 is 0. The highest BCUT2D eigenvalue weighted by atomic mass is 16.2. The first-order valence-corrected chi connectivity index (χ1v) is 10.7. The second-order valence-corrected chi connectivity index (χ2v) is 7.90. The van der Waals surface area contributed by atoms with E-state index in [-0.39, 0.29) is 11.9 Å². The van der Waals surface area contributed by atoms with Crippen molar-refractivity contribution in [1.82, 2.24) is 14.8 Å². The van der Waals surface area contributed by atoms with Crippen molar-refractivity contribution < 1.29 is 9.59 Å². The Hall–Kier alpha value is -3.87. The molecule has 0 unspecified atom stereocenters. The molecule has 1 saturated heterocycles. The average molecular weight is 430 g/mol. The Morgan fingerprint density at radius 2 is 1.44 bits per heavy atom. The van der Waals surface area contributed by atoms with Crippen molar-refractivity contribution >= 4 is 29.0 Å². The molecule has 32 heavy (non-hydrogen) atoms. The van der Waals surface area contributed by atoms with E-state index in [1.807, 2.05) is 68.4 Å². The monoisotopic (exact) mass is 429 g/mol. The minimum atomic E-state index is -0.127. The van der Waals surface area contributed by atoms with E-state index in [0.29, 0.717) is 31.7 Å². The van der Waals surface area contributed by atoms with Gasteiger partial charge in [0.15, 0.2) is 0 Å². The third-order valence-electron chi connectivity index (χ3n) is 5.80. The Bertz CT molecular complexity index is 1090. The van der Waals surface area contributed by atoms with Gasteiger partial charge in [-0.3, -0.25) is 9.78 Å². The lowest BCUT2D eigenvalue weighted by Gasteiger charge is -2.35. The summed E-state index contributed by atoms with van der Waals surface area (Å²) in [6, 6.07) is 16.9. The second-order valence-electron chi connectivity index (χ2n) is 7.90. The molecule has 3 amide bonds. The number of aromatic nitrogens is 1. The number of hydrogen-bond acceptors (Lipinski definition) is 4. The maximum Gasteiger partial charge on any atom is 0.321 e. The molecule has 1 fully saturated rings. The minimum absolute atomic E-state index is 0.0185. The quantitative estimate of drug-likeness (QED) is 0.643. The number of benzene rings is 2. The number of hydrogen-bond donors (Lipinski definition) is 2. The number of amides is 3. The topological polar surface area (TPSA) is 77.6 Å². The molecule has 2 aromatic carbocycles. The third-order valence-corrected chi connectivity index (χ3v) is 5.80. The second kappa shape index (κ2) is 9.51. The number of pyridine rings is 1. The van der Waals surface area contributed by atoms with E-state index in [9.17, 15) is 9.59 Å². The van der Waals surface area contributed by atoms with Gasteiger partial charge in [-0.05, 0) is 67.4 Å². The van der Waals surface area contributed by atoms with Crippen molar-refractivity contribution in [2.24, 2.45) is 0 Å². The highest BCUT2D eigenvalue weighted by molar-refractivity contribution is 5.95. The first-order valence-electron chi connectivity index (χ1n) is 10.7. The third kappa shape index (κ3) is 4.88. The van der Waals surface area contributed by atoms with Crippen molar-refractivity contribution in [2.45, 2.75) is 13.8 Å². The molecule has 1 aromatic heterocycles. The Kier molecular flexibility index (Phi) is 6.35. The Morgan fingerprint density at radius 3 is 2.12 bits per heavy atom. The van der Waals surface area contributed by atoms with Crippen LogP contribution >= 0.6 is 0 Å². The van der Waals surface area contributed by atoms with Gasteiger partial charge in [0.05, 0.1) is 0 Å². The van der Waals surface area contributed by atoms with Crippen LogP contribution < -0.4 is 10.6 Å². The van der Waals surface area contributed by atoms with Crippen LogP contribution in [0, 0.1) is 13.8 Å². The zero-order chi connectivity index (χ0) is 22.5. The number of nitrogens with one attached hydrogen (secondary N) is 2. The molecule has 0 aliphatic carbocycles. The molecule has 2 N–H and O–H groups in total. The molecule has 0 bridgehead atoms. The highest BCUT2D eigenvalue weighted by Gasteiger charge is 2.25. The lowest BCUT2D eigenvalue weighted by Crippen LogP contribution is -2.51. The lowest BCUT2D eigenvalue weighted by atomic mass is 10.1. The summed E-state index contributed by atoms with van der Waals surface area (Å²) in [4.78, 5) is 33.1. The molecule has 1 aliphatic rings. The number of carbonyl (C=O) groups is 2. The summed E-state index contributed by atoms with van der Waals surface area (Å²) in [5.41, 5.74) is 5.51. The van der Waals surface area contributed by atoms with E-state index in [0.717, 1.165) is 28.2 Å². The Balaban J connectivity index is 1.31. The molecule has 0 atom stereocenters. The SMILES string of the molecule is Cc1cccc(NC(=O)N2CCN(C(=O)c3ccc(Nc4ccncc4)cc3)CC2)c1C. The van der Waals surface area contributed by atoms with Crippen molar-refractivity contribution in [3.05, 3.63) is 83.7 Å². The fourth-order valence-corrected chi connectivity index (χ4v) is 3.67. The molecule has 164 valence electrons. The molecule has 2 heterocycles. The largest absolute Gasteiger partial charge is 0.355 e. The molecule has 3 aromatic rings. The van der Waals surface area contributed by atoms with Gasteiger partial charge in [0.25, 0.3) is 5.91 Å². The molecular formula is C25H27N5O2. The summed E-state index contributed by atoms with van der Waals surface area (Å²) in [7, 11) is 0. The van der Waals surface area contributed by atoms with Crippen LogP contribution in [-0.4, -0.2) is 52.9 Å². The number of urea groups is 1. The summed E-state index contributed by atoms with van der Waals surface area (Å²) in [6.45, 7) is 6.05. The number of piperazine rings is 1. The number of nitrogens with zero attached hydrogens (tertiary/aromatic N) is 3. The van der Waals surface area contributed by atoms with E-state index >= 15 is 0 Å². The lowest BCUT2D eigenvalue weighted by molar-refractivity contribution is 0.0671. The van der Waals surface area contributed by atoms with E-state index in [1.165, 1.54) is 0 Å². The predicted molar refractivity (Wildman–Crippen MR) is 126 cm³/mol. The van der Waals surface area contributed by atoms with E-state index in [2.05, 4.69) is 15.6 Å².